The fourth-order valence-electron chi connectivity index (χ4n) is 2.09. The van der Waals surface area contributed by atoms with E-state index < -0.39 is 28.9 Å². The van der Waals surface area contributed by atoms with Crippen molar-refractivity contribution in [1.82, 2.24) is 19.9 Å². The maximum absolute atomic E-state index is 12.3. The number of fused-ring (bicyclic) bond motifs is 1. The maximum atomic E-state index is 12.3. The zero-order chi connectivity index (χ0) is 16.7. The van der Waals surface area contributed by atoms with Gasteiger partial charge in [-0.15, -0.1) is 0 Å². The highest BCUT2D eigenvalue weighted by Crippen LogP contribution is 2.19. The van der Waals surface area contributed by atoms with Crippen LogP contribution < -0.4 is 10.9 Å². The smallest absolute Gasteiger partial charge is 0.326 e. The third kappa shape index (κ3) is 2.85. The molecule has 0 aromatic carbocycles. The number of rotatable bonds is 3. The number of carboxylic acid groups (broad SMARTS) is 1. The van der Waals surface area contributed by atoms with Gasteiger partial charge in [0.2, 0.25) is 0 Å². The Bertz CT molecular complexity index is 797. The van der Waals surface area contributed by atoms with E-state index in [4.69, 9.17) is 0 Å². The van der Waals surface area contributed by atoms with Crippen molar-refractivity contribution in [2.75, 3.05) is 0 Å². The molecule has 0 aliphatic carbocycles. The second-order valence-electron chi connectivity index (χ2n) is 6.22. The predicted octanol–water partition coefficient (Wildman–Crippen LogP) is 0.560. The molecule has 2 aromatic heterocycles. The lowest BCUT2D eigenvalue weighted by Gasteiger charge is -2.27. The van der Waals surface area contributed by atoms with Crippen LogP contribution in [-0.4, -0.2) is 37.6 Å². The molecule has 118 valence electrons. The summed E-state index contributed by atoms with van der Waals surface area (Å²) in [5.74, 6) is -1.92. The second kappa shape index (κ2) is 5.28. The molecule has 0 unspecified atom stereocenters. The van der Waals surface area contributed by atoms with Gasteiger partial charge in [-0.2, -0.15) is 0 Å². The minimum absolute atomic E-state index is 0.213. The third-order valence-corrected chi connectivity index (χ3v) is 3.26. The van der Waals surface area contributed by atoms with Crippen molar-refractivity contribution in [3.05, 3.63) is 33.9 Å². The van der Waals surface area contributed by atoms with Gasteiger partial charge in [0.15, 0.2) is 5.65 Å². The molecular weight excluding hydrogens is 288 g/mol. The van der Waals surface area contributed by atoms with Crippen LogP contribution in [0.2, 0.25) is 0 Å². The van der Waals surface area contributed by atoms with Crippen molar-refractivity contribution >= 4 is 17.5 Å². The van der Waals surface area contributed by atoms with Gasteiger partial charge < -0.3 is 10.4 Å². The van der Waals surface area contributed by atoms with Gasteiger partial charge in [0.1, 0.15) is 11.6 Å². The molecule has 1 atom stereocenters. The van der Waals surface area contributed by atoms with E-state index in [0.29, 0.717) is 5.65 Å². The molecule has 1 amide bonds. The molecule has 2 rings (SSSR count). The second-order valence-corrected chi connectivity index (χ2v) is 6.22. The number of hydrogen-bond donors (Lipinski definition) is 3. The summed E-state index contributed by atoms with van der Waals surface area (Å²) in [5.41, 5.74) is -0.369. The lowest BCUT2D eigenvalue weighted by atomic mass is 9.86. The van der Waals surface area contributed by atoms with Crippen LogP contribution in [0, 0.1) is 12.3 Å². The van der Waals surface area contributed by atoms with E-state index >= 15 is 0 Å². The molecule has 2 aromatic rings. The molecule has 0 fully saturated rings. The summed E-state index contributed by atoms with van der Waals surface area (Å²) in [4.78, 5) is 39.8. The number of nitrogens with one attached hydrogen (secondary N) is 2. The Hall–Kier alpha value is -2.64. The minimum Gasteiger partial charge on any atom is -0.480 e. The number of carboxylic acids is 1. The summed E-state index contributed by atoms with van der Waals surface area (Å²) in [6.07, 6.45) is 1.15. The van der Waals surface area contributed by atoms with Crippen LogP contribution in [0.3, 0.4) is 0 Å². The van der Waals surface area contributed by atoms with Gasteiger partial charge in [0.25, 0.3) is 11.5 Å². The Labute approximate surface area is 126 Å². The van der Waals surface area contributed by atoms with Crippen molar-refractivity contribution in [3.63, 3.8) is 0 Å². The van der Waals surface area contributed by atoms with Crippen molar-refractivity contribution in [1.29, 1.82) is 0 Å². The summed E-state index contributed by atoms with van der Waals surface area (Å²) < 4.78 is 1.15. The molecular formula is C14H18N4O4. The minimum atomic E-state index is -1.16. The van der Waals surface area contributed by atoms with Crippen LogP contribution in [0.5, 0.6) is 0 Å². The molecule has 0 radical (unpaired) electrons. The topological polar surface area (TPSA) is 117 Å². The van der Waals surface area contributed by atoms with Crippen LogP contribution in [0.15, 0.2) is 17.1 Å². The highest BCUT2D eigenvalue weighted by atomic mass is 16.4. The third-order valence-electron chi connectivity index (χ3n) is 3.26. The summed E-state index contributed by atoms with van der Waals surface area (Å²) in [6.45, 7) is 6.83. The Morgan fingerprint density at radius 1 is 1.41 bits per heavy atom. The van der Waals surface area contributed by atoms with Crippen molar-refractivity contribution in [3.8, 4) is 0 Å². The molecule has 8 heteroatoms. The van der Waals surface area contributed by atoms with Gasteiger partial charge in [-0.1, -0.05) is 20.8 Å². The predicted molar refractivity (Wildman–Crippen MR) is 78.9 cm³/mol. The summed E-state index contributed by atoms with van der Waals surface area (Å²) in [5, 5.41) is 14.4. The van der Waals surface area contributed by atoms with Crippen LogP contribution in [0.25, 0.3) is 5.65 Å². The summed E-state index contributed by atoms with van der Waals surface area (Å²) >= 11 is 0. The zero-order valence-electron chi connectivity index (χ0n) is 12.8. The number of aromatic amines is 1. The van der Waals surface area contributed by atoms with E-state index in [1.165, 1.54) is 0 Å². The number of aryl methyl sites for hydroxylation is 1. The SMILES string of the molecule is Cc1cc2ncc(C(=O)N[C@H](C(=O)O)C(C)(C)C)c(=O)n2[nH]1. The van der Waals surface area contributed by atoms with E-state index in [-0.39, 0.29) is 5.56 Å². The van der Waals surface area contributed by atoms with Crippen molar-refractivity contribution in [2.45, 2.75) is 33.7 Å². The van der Waals surface area contributed by atoms with Gasteiger partial charge in [0.05, 0.1) is 0 Å². The normalized spacial score (nSPS) is 13.1. The summed E-state index contributed by atoms with van der Waals surface area (Å²) in [7, 11) is 0. The molecule has 0 aliphatic heterocycles. The first kappa shape index (κ1) is 15.7. The Kier molecular flexibility index (Phi) is 3.78. The van der Waals surface area contributed by atoms with Crippen LogP contribution in [0.1, 0.15) is 36.8 Å². The lowest BCUT2D eigenvalue weighted by Crippen LogP contribution is -2.50. The van der Waals surface area contributed by atoms with Crippen LogP contribution >= 0.6 is 0 Å². The maximum Gasteiger partial charge on any atom is 0.326 e. The number of amides is 1. The largest absolute Gasteiger partial charge is 0.480 e. The Balaban J connectivity index is 2.39. The number of carbonyl (C=O) groups excluding carboxylic acids is 1. The van der Waals surface area contributed by atoms with Crippen molar-refractivity contribution in [2.24, 2.45) is 5.41 Å². The molecule has 0 saturated heterocycles. The first-order chi connectivity index (χ1) is 10.1. The zero-order valence-corrected chi connectivity index (χ0v) is 12.8. The quantitative estimate of drug-likeness (QED) is 0.766. The van der Waals surface area contributed by atoms with Gasteiger partial charge >= 0.3 is 5.97 Å². The van der Waals surface area contributed by atoms with Gasteiger partial charge in [0, 0.05) is 18.0 Å². The highest BCUT2D eigenvalue weighted by Gasteiger charge is 2.33. The average Bonchev–Trinajstić information content (AvgIpc) is 2.76. The number of hydrogen-bond acceptors (Lipinski definition) is 4. The van der Waals surface area contributed by atoms with E-state index in [1.54, 1.807) is 33.8 Å². The molecule has 0 bridgehead atoms. The van der Waals surface area contributed by atoms with Gasteiger partial charge in [-0.3, -0.25) is 14.7 Å². The fourth-order valence-corrected chi connectivity index (χ4v) is 2.09. The fraction of sp³-hybridized carbons (Fsp3) is 0.429. The van der Waals surface area contributed by atoms with E-state index in [1.807, 2.05) is 0 Å². The first-order valence-electron chi connectivity index (χ1n) is 6.72. The van der Waals surface area contributed by atoms with E-state index in [2.05, 4.69) is 15.4 Å². The summed E-state index contributed by atoms with van der Waals surface area (Å²) in [6, 6.07) is 0.545. The molecule has 2 heterocycles. The molecule has 0 aliphatic rings. The van der Waals surface area contributed by atoms with Crippen molar-refractivity contribution < 1.29 is 14.7 Å². The number of nitrogens with zero attached hydrogens (tertiary/aromatic N) is 2. The number of H-pyrrole nitrogens is 1. The number of aliphatic carboxylic acids is 1. The number of carbonyl (C=O) groups is 2. The van der Waals surface area contributed by atoms with Gasteiger partial charge in [-0.05, 0) is 12.3 Å². The number of aromatic nitrogens is 3. The molecule has 0 spiro atoms. The van der Waals surface area contributed by atoms with Crippen LogP contribution in [-0.2, 0) is 4.79 Å². The molecule has 8 nitrogen and oxygen atoms in total. The molecule has 3 N–H and O–H groups in total. The first-order valence-corrected chi connectivity index (χ1v) is 6.72. The molecule has 0 saturated carbocycles. The van der Waals surface area contributed by atoms with E-state index in [0.717, 1.165) is 16.4 Å². The Morgan fingerprint density at radius 2 is 2.05 bits per heavy atom. The monoisotopic (exact) mass is 306 g/mol. The van der Waals surface area contributed by atoms with Crippen LogP contribution in [0.4, 0.5) is 0 Å². The lowest BCUT2D eigenvalue weighted by molar-refractivity contribution is -0.142. The Morgan fingerprint density at radius 3 is 2.59 bits per heavy atom. The molecule has 22 heavy (non-hydrogen) atoms. The standard InChI is InChI=1S/C14H18N4O4/c1-7-5-9-15-6-8(12(20)18(9)17-7)11(19)16-10(13(21)22)14(2,3)4/h5-6,10,17H,1-4H3,(H,16,19)(H,21,22)/t10-/m1/s1. The van der Waals surface area contributed by atoms with E-state index in [9.17, 15) is 19.5 Å². The average molecular weight is 306 g/mol. The highest BCUT2D eigenvalue weighted by molar-refractivity contribution is 5.96. The van der Waals surface area contributed by atoms with Gasteiger partial charge in [-0.25, -0.2) is 14.3 Å².